The van der Waals surface area contributed by atoms with Crippen LogP contribution >= 0.6 is 24.4 Å². The predicted octanol–water partition coefficient (Wildman–Crippen LogP) is -2.69. The highest BCUT2D eigenvalue weighted by Gasteiger charge is 2.41. The molecule has 1 saturated heterocycles. The normalized spacial score (nSPS) is 23.1. The third-order valence-corrected chi connectivity index (χ3v) is 2.63. The van der Waals surface area contributed by atoms with Gasteiger partial charge in [0.2, 0.25) is 0 Å². The van der Waals surface area contributed by atoms with Crippen LogP contribution in [-0.4, -0.2) is 52.5 Å². The molecule has 1 rings (SSSR count). The Kier molecular flexibility index (Phi) is 4.84. The number of carbonyl (C=O) groups excluding carboxylic acids is 1. The van der Waals surface area contributed by atoms with Gasteiger partial charge in [0, 0.05) is 14.1 Å². The van der Waals surface area contributed by atoms with E-state index in [1.807, 2.05) is 0 Å². The van der Waals surface area contributed by atoms with Crippen molar-refractivity contribution in [2.45, 2.75) is 12.3 Å². The number of likely N-dealkylation sites (N-methyl/N-ethyl adjacent to an activating group) is 2. The van der Waals surface area contributed by atoms with Crippen molar-refractivity contribution in [3.05, 3.63) is 0 Å². The smallest absolute Gasteiger partial charge is 0.322 e. The summed E-state index contributed by atoms with van der Waals surface area (Å²) in [6.07, 6.45) is -0.823. The van der Waals surface area contributed by atoms with E-state index in [2.05, 4.69) is 46.1 Å². The quantitative estimate of drug-likeness (QED) is 0.243. The zero-order valence-electron chi connectivity index (χ0n) is 9.93. The second-order valence-corrected chi connectivity index (χ2v) is 4.54. The predicted molar refractivity (Wildman–Crippen MR) is 74.6 cm³/mol. The maximum Gasteiger partial charge on any atom is 0.322 e. The Hall–Kier alpha value is -1.43. The molecule has 11 heteroatoms. The summed E-state index contributed by atoms with van der Waals surface area (Å²) in [5.74, 6) is 0. The first-order chi connectivity index (χ1) is 8.34. The van der Waals surface area contributed by atoms with E-state index in [9.17, 15) is 4.79 Å². The van der Waals surface area contributed by atoms with Crippen LogP contribution in [0.25, 0.3) is 0 Å². The van der Waals surface area contributed by atoms with Gasteiger partial charge in [0.05, 0.1) is 0 Å². The molecule has 102 valence electrons. The molecule has 0 radical (unpaired) electrons. The Morgan fingerprint density at radius 3 is 1.67 bits per heavy atom. The van der Waals surface area contributed by atoms with Crippen molar-refractivity contribution in [1.29, 1.82) is 0 Å². The van der Waals surface area contributed by atoms with Crippen LogP contribution in [0, 0.1) is 0 Å². The average Bonchev–Trinajstić information content (AvgIpc) is 2.48. The van der Waals surface area contributed by atoms with Gasteiger partial charge in [-0.25, -0.2) is 15.6 Å². The summed E-state index contributed by atoms with van der Waals surface area (Å²) in [5, 5.41) is 0.151. The molecule has 0 aliphatic carbocycles. The molecule has 0 bridgehead atoms. The standard InChI is InChI=1S/C7H16N8OS2/c1-14-3(10-12-5(8)17)4(11-13-6(9)18)15(2)7(14)16/h3-4,10-11H,1-2H3,(H3,8,12,17)(H3,9,13,18). The molecule has 1 aliphatic rings. The molecule has 0 saturated carbocycles. The van der Waals surface area contributed by atoms with Gasteiger partial charge in [-0.05, 0) is 24.4 Å². The van der Waals surface area contributed by atoms with Crippen LogP contribution in [0.2, 0.25) is 0 Å². The molecule has 9 nitrogen and oxygen atoms in total. The van der Waals surface area contributed by atoms with Gasteiger partial charge in [-0.1, -0.05) is 0 Å². The van der Waals surface area contributed by atoms with Crippen molar-refractivity contribution in [2.75, 3.05) is 14.1 Å². The van der Waals surface area contributed by atoms with E-state index in [-0.39, 0.29) is 16.3 Å². The lowest BCUT2D eigenvalue weighted by Gasteiger charge is -2.27. The number of nitrogens with two attached hydrogens (primary N) is 2. The van der Waals surface area contributed by atoms with E-state index in [1.54, 1.807) is 14.1 Å². The molecule has 1 fully saturated rings. The minimum Gasteiger partial charge on any atom is -0.375 e. The number of hydrazine groups is 2. The molecule has 2 atom stereocenters. The van der Waals surface area contributed by atoms with E-state index < -0.39 is 12.3 Å². The molecule has 1 heterocycles. The molecule has 2 amide bonds. The van der Waals surface area contributed by atoms with Gasteiger partial charge in [-0.3, -0.25) is 10.9 Å². The minimum atomic E-state index is -0.411. The van der Waals surface area contributed by atoms with Gasteiger partial charge in [0.1, 0.15) is 12.3 Å². The van der Waals surface area contributed by atoms with E-state index in [4.69, 9.17) is 11.5 Å². The lowest BCUT2D eigenvalue weighted by molar-refractivity contribution is 0.196. The van der Waals surface area contributed by atoms with Crippen molar-refractivity contribution >= 4 is 40.7 Å². The fourth-order valence-electron chi connectivity index (χ4n) is 1.55. The second kappa shape index (κ2) is 5.95. The van der Waals surface area contributed by atoms with E-state index in [0.29, 0.717) is 0 Å². The largest absolute Gasteiger partial charge is 0.375 e. The highest BCUT2D eigenvalue weighted by Crippen LogP contribution is 2.14. The molecule has 2 unspecified atom stereocenters. The Labute approximate surface area is 115 Å². The van der Waals surface area contributed by atoms with Crippen LogP contribution in [0.5, 0.6) is 0 Å². The number of hydrogen-bond donors (Lipinski definition) is 6. The first-order valence-electron chi connectivity index (χ1n) is 4.96. The topological polar surface area (TPSA) is 124 Å². The first kappa shape index (κ1) is 14.6. The summed E-state index contributed by atoms with van der Waals surface area (Å²) in [6.45, 7) is 0. The van der Waals surface area contributed by atoms with Crippen molar-refractivity contribution in [2.24, 2.45) is 11.5 Å². The third-order valence-electron chi connectivity index (χ3n) is 2.42. The lowest BCUT2D eigenvalue weighted by Crippen LogP contribution is -2.62. The van der Waals surface area contributed by atoms with Crippen LogP contribution in [0.1, 0.15) is 0 Å². The highest BCUT2D eigenvalue weighted by molar-refractivity contribution is 7.80. The van der Waals surface area contributed by atoms with Crippen LogP contribution in [-0.2, 0) is 0 Å². The Balaban J connectivity index is 2.71. The Morgan fingerprint density at radius 2 is 1.39 bits per heavy atom. The van der Waals surface area contributed by atoms with Crippen LogP contribution in [0.4, 0.5) is 4.79 Å². The maximum atomic E-state index is 11.8. The molecule has 1 aliphatic heterocycles. The monoisotopic (exact) mass is 292 g/mol. The van der Waals surface area contributed by atoms with Gasteiger partial charge in [-0.15, -0.1) is 0 Å². The number of thiocarbonyl (C=S) groups is 2. The summed E-state index contributed by atoms with van der Waals surface area (Å²) < 4.78 is 0. The molecular weight excluding hydrogens is 276 g/mol. The zero-order chi connectivity index (χ0) is 13.9. The lowest BCUT2D eigenvalue weighted by atomic mass is 10.4. The molecule has 0 aromatic rings. The van der Waals surface area contributed by atoms with Gasteiger partial charge in [0.25, 0.3) is 0 Å². The molecule has 0 spiro atoms. The minimum absolute atomic E-state index is 0.0754. The molecule has 8 N–H and O–H groups in total. The summed E-state index contributed by atoms with van der Waals surface area (Å²) in [6, 6.07) is -0.181. The van der Waals surface area contributed by atoms with Gasteiger partial charge in [0.15, 0.2) is 10.2 Å². The fourth-order valence-corrected chi connectivity index (χ4v) is 1.67. The fraction of sp³-hybridized carbons (Fsp3) is 0.571. The molecular formula is C7H16N8OS2. The van der Waals surface area contributed by atoms with Crippen molar-refractivity contribution in [3.8, 4) is 0 Å². The van der Waals surface area contributed by atoms with Gasteiger partial charge < -0.3 is 21.3 Å². The van der Waals surface area contributed by atoms with E-state index in [0.717, 1.165) is 0 Å². The Morgan fingerprint density at radius 1 is 1.06 bits per heavy atom. The van der Waals surface area contributed by atoms with Crippen LogP contribution in [0.3, 0.4) is 0 Å². The van der Waals surface area contributed by atoms with Gasteiger partial charge >= 0.3 is 6.03 Å². The van der Waals surface area contributed by atoms with Gasteiger partial charge in [-0.2, -0.15) is 0 Å². The number of urea groups is 1. The summed E-state index contributed by atoms with van der Waals surface area (Å²) in [4.78, 5) is 14.8. The molecule has 0 aromatic heterocycles. The number of hydrogen-bond acceptors (Lipinski definition) is 5. The summed E-state index contributed by atoms with van der Waals surface area (Å²) in [7, 11) is 3.28. The maximum absolute atomic E-state index is 11.8. The highest BCUT2D eigenvalue weighted by atomic mass is 32.1. The van der Waals surface area contributed by atoms with Crippen molar-refractivity contribution < 1.29 is 4.79 Å². The summed E-state index contributed by atoms with van der Waals surface area (Å²) in [5.41, 5.74) is 21.5. The van der Waals surface area contributed by atoms with E-state index in [1.165, 1.54) is 9.80 Å². The summed E-state index contributed by atoms with van der Waals surface area (Å²) >= 11 is 9.37. The average molecular weight is 292 g/mol. The number of rotatable bonds is 4. The first-order valence-corrected chi connectivity index (χ1v) is 5.77. The number of nitrogens with one attached hydrogen (secondary N) is 4. The van der Waals surface area contributed by atoms with Crippen LogP contribution in [0.15, 0.2) is 0 Å². The Bertz CT molecular complexity index is 331. The second-order valence-electron chi connectivity index (χ2n) is 3.66. The SMILES string of the molecule is CN1C(=O)N(C)C(NNC(N)=S)C1NNC(N)=S. The van der Waals surface area contributed by atoms with E-state index >= 15 is 0 Å². The van der Waals surface area contributed by atoms with Crippen LogP contribution < -0.4 is 33.2 Å². The van der Waals surface area contributed by atoms with Crippen molar-refractivity contribution in [1.82, 2.24) is 31.5 Å². The number of nitrogens with zero attached hydrogens (tertiary/aromatic N) is 2. The number of carbonyl (C=O) groups is 1. The third kappa shape index (κ3) is 3.29. The zero-order valence-corrected chi connectivity index (χ0v) is 11.6. The molecule has 0 aromatic carbocycles. The molecule has 18 heavy (non-hydrogen) atoms. The van der Waals surface area contributed by atoms with Crippen molar-refractivity contribution in [3.63, 3.8) is 0 Å². The number of amides is 2.